The van der Waals surface area contributed by atoms with Gasteiger partial charge in [0.15, 0.2) is 0 Å². The Morgan fingerprint density at radius 1 is 0.923 bits per heavy atom. The molecule has 0 bridgehead atoms. The fraction of sp³-hybridized carbons (Fsp3) is 1.00. The van der Waals surface area contributed by atoms with Crippen LogP contribution in [0.15, 0.2) is 0 Å². The summed E-state index contributed by atoms with van der Waals surface area (Å²) < 4.78 is 0. The molecular weight excluding hydrogens is 142 g/mol. The lowest BCUT2D eigenvalue weighted by atomic mass is 8.54. The van der Waals surface area contributed by atoms with E-state index in [0.717, 1.165) is 32.0 Å². The van der Waals surface area contributed by atoms with E-state index < -0.39 is 0 Å². The summed E-state index contributed by atoms with van der Waals surface area (Å²) in [7, 11) is 15.5. The van der Waals surface area contributed by atoms with Gasteiger partial charge >= 0.3 is 0 Å². The van der Waals surface area contributed by atoms with Gasteiger partial charge in [-0.1, -0.05) is 0 Å². The Bertz CT molecular complexity index is 121. The second kappa shape index (κ2) is 6.30. The fourth-order valence-electron chi connectivity index (χ4n) is 2.74. The summed E-state index contributed by atoms with van der Waals surface area (Å²) in [6.07, 6.45) is 3.40. The molecule has 0 radical (unpaired) electrons. The Morgan fingerprint density at radius 3 is 1.54 bits per heavy atom. The van der Waals surface area contributed by atoms with Crippen LogP contribution in [0.5, 0.6) is 0 Å². The van der Waals surface area contributed by atoms with Gasteiger partial charge in [-0.3, -0.25) is 0 Å². The predicted octanol–water partition coefficient (Wildman–Crippen LogP) is -7.47. The Balaban J connectivity index is 4.36. The van der Waals surface area contributed by atoms with E-state index in [1.165, 1.54) is 7.06 Å². The maximum atomic E-state index is 2.43. The lowest BCUT2D eigenvalue weighted by Crippen LogP contribution is -2.66. The Hall–Kier alpha value is 0.779. The van der Waals surface area contributed by atoms with Gasteiger partial charge in [-0.15, -0.1) is 6.82 Å². The standard InChI is InChI=1S/CH16B12/c1-9(12(7)8-2)13(10(3)4)11(5)6/h8H,2-7H2,1H3. The molecule has 0 saturated heterocycles. The molecular formula is CH16B12. The van der Waals surface area contributed by atoms with Crippen LogP contribution in [0, 0.1) is 0 Å². The third-order valence-electron chi connectivity index (χ3n) is 3.69. The highest BCUT2D eigenvalue weighted by Gasteiger charge is 2.33. The first-order valence-electron chi connectivity index (χ1n) is 5.91. The van der Waals surface area contributed by atoms with E-state index in [1.54, 1.807) is 0 Å². The molecule has 0 aliphatic rings. The van der Waals surface area contributed by atoms with Gasteiger partial charge in [0.25, 0.3) is 0 Å². The van der Waals surface area contributed by atoms with Crippen molar-refractivity contribution in [3.8, 4) is 0 Å². The largest absolute Gasteiger partial charge is 0.101 e. The second-order valence-electron chi connectivity index (χ2n) is 5.31. The normalized spacial score (nSPS) is 8.69. The molecule has 0 spiro atoms. The molecule has 0 aliphatic heterocycles. The van der Waals surface area contributed by atoms with Gasteiger partial charge in [-0.05, 0) is 0 Å². The molecule has 0 aromatic carbocycles. The molecule has 13 heavy (non-hydrogen) atoms. The van der Waals surface area contributed by atoms with Crippen LogP contribution < -0.4 is 0 Å². The first kappa shape index (κ1) is 13.8. The van der Waals surface area contributed by atoms with Gasteiger partial charge < -0.3 is 0 Å². The van der Waals surface area contributed by atoms with Gasteiger partial charge in [0, 0.05) is 39.1 Å². The molecule has 0 fully saturated rings. The summed E-state index contributed by atoms with van der Waals surface area (Å²) in [5, 5.41) is 0. The quantitative estimate of drug-likeness (QED) is 0.348. The number of hydrogen-bond donors (Lipinski definition) is 0. The zero-order valence-corrected chi connectivity index (χ0v) is 10.6. The lowest BCUT2D eigenvalue weighted by molar-refractivity contribution is 2.32. The molecule has 56 valence electrons. The molecule has 0 rings (SSSR count). The first-order valence-corrected chi connectivity index (χ1v) is 5.91. The van der Waals surface area contributed by atoms with Crippen molar-refractivity contribution in [1.82, 2.24) is 0 Å². The van der Waals surface area contributed by atoms with Crippen LogP contribution in [-0.4, -0.2) is 85.5 Å². The second-order valence-corrected chi connectivity index (χ2v) is 5.31. The highest BCUT2D eigenvalue weighted by molar-refractivity contribution is 8.01. The Labute approximate surface area is 92.6 Å². The molecule has 0 nitrogen and oxygen atoms in total. The zero-order chi connectivity index (χ0) is 10.6. The van der Waals surface area contributed by atoms with E-state index in [4.69, 9.17) is 0 Å². The van der Waals surface area contributed by atoms with Gasteiger partial charge in [-0.25, -0.2) is 0 Å². The third-order valence-corrected chi connectivity index (χ3v) is 3.69. The van der Waals surface area contributed by atoms with Gasteiger partial charge in [0.1, 0.15) is 0 Å². The summed E-state index contributed by atoms with van der Waals surface area (Å²) in [6, 6.07) is 0. The van der Waals surface area contributed by atoms with Gasteiger partial charge in [0.05, 0.1) is 46.4 Å². The van der Waals surface area contributed by atoms with Gasteiger partial charge in [-0.2, -0.15) is 0 Å². The molecule has 0 N–H and O–H groups in total. The van der Waals surface area contributed by atoms with Crippen molar-refractivity contribution in [2.45, 2.75) is 6.82 Å². The van der Waals surface area contributed by atoms with Crippen molar-refractivity contribution >= 4 is 85.5 Å². The topological polar surface area (TPSA) is 0 Å². The average Bonchev–Trinajstić information content (AvgIpc) is 2.01. The molecule has 12 heteroatoms. The van der Waals surface area contributed by atoms with E-state index in [1.807, 2.05) is 0 Å². The minimum Gasteiger partial charge on any atom is -0.101 e. The van der Waals surface area contributed by atoms with Crippen LogP contribution in [0.4, 0.5) is 0 Å². The monoisotopic (exact) mass is 160 g/mol. The third kappa shape index (κ3) is 4.21. The van der Waals surface area contributed by atoms with Crippen LogP contribution >= 0.6 is 0 Å². The molecule has 0 aromatic rings. The molecule has 0 atom stereocenters. The minimum absolute atomic E-state index is 0.823. The smallest absolute Gasteiger partial charge is 0.0594 e. The van der Waals surface area contributed by atoms with E-state index >= 15 is 0 Å². The van der Waals surface area contributed by atoms with Crippen LogP contribution in [0.1, 0.15) is 0 Å². The fourth-order valence-corrected chi connectivity index (χ4v) is 2.74. The van der Waals surface area contributed by atoms with Crippen molar-refractivity contribution in [1.29, 1.82) is 0 Å². The molecule has 0 aliphatic carbocycles. The molecule has 0 saturated carbocycles. The van der Waals surface area contributed by atoms with Crippen LogP contribution in [0.3, 0.4) is 0 Å². The molecule has 0 unspecified atom stereocenters. The molecule has 0 heterocycles. The predicted molar refractivity (Wildman–Crippen MR) is 93.0 cm³/mol. The van der Waals surface area contributed by atoms with Gasteiger partial charge in [0.2, 0.25) is 0 Å². The van der Waals surface area contributed by atoms with E-state index in [0.29, 0.717) is 0 Å². The molecule has 0 amide bonds. The van der Waals surface area contributed by atoms with Crippen molar-refractivity contribution in [3.63, 3.8) is 0 Å². The van der Waals surface area contributed by atoms with Crippen molar-refractivity contribution < 1.29 is 0 Å². The SMILES string of the molecule is BBB(B)B(C)B(B(B)B)B(B)B. The first-order chi connectivity index (χ1) is 5.91. The maximum Gasteiger partial charge on any atom is 0.0594 e. The lowest BCUT2D eigenvalue weighted by Gasteiger charge is -2.27. The number of rotatable bonds is 5. The summed E-state index contributed by atoms with van der Waals surface area (Å²) in [5.41, 5.74) is 0. The summed E-state index contributed by atoms with van der Waals surface area (Å²) in [4.78, 5) is 0. The Morgan fingerprint density at radius 2 is 1.31 bits per heavy atom. The summed E-state index contributed by atoms with van der Waals surface area (Å²) >= 11 is 0. The Kier molecular flexibility index (Phi) is 6.68. The summed E-state index contributed by atoms with van der Waals surface area (Å²) in [5.74, 6) is 0. The van der Waals surface area contributed by atoms with Crippen LogP contribution in [0.2, 0.25) is 6.82 Å². The van der Waals surface area contributed by atoms with Crippen LogP contribution in [-0.2, 0) is 0 Å². The van der Waals surface area contributed by atoms with Crippen molar-refractivity contribution in [3.05, 3.63) is 0 Å². The van der Waals surface area contributed by atoms with E-state index in [2.05, 4.69) is 53.2 Å². The summed E-state index contributed by atoms with van der Waals surface area (Å²) in [6.45, 7) is 3.30. The zero-order valence-electron chi connectivity index (χ0n) is 10.6. The maximum absolute atomic E-state index is 2.43. The van der Waals surface area contributed by atoms with Crippen LogP contribution in [0.25, 0.3) is 0 Å². The van der Waals surface area contributed by atoms with Crippen molar-refractivity contribution in [2.24, 2.45) is 0 Å². The highest BCUT2D eigenvalue weighted by Crippen LogP contribution is 1.96. The van der Waals surface area contributed by atoms with E-state index in [9.17, 15) is 0 Å². The van der Waals surface area contributed by atoms with E-state index in [-0.39, 0.29) is 0 Å². The van der Waals surface area contributed by atoms with Crippen molar-refractivity contribution in [2.75, 3.05) is 0 Å². The molecule has 0 aromatic heterocycles. The average molecular weight is 158 g/mol. The highest BCUT2D eigenvalue weighted by atomic mass is 13.2. The minimum atomic E-state index is 0.823. The number of hydrogen-bond acceptors (Lipinski definition) is 0.